The normalized spacial score (nSPS) is 16.6. The van der Waals surface area contributed by atoms with E-state index in [1.165, 1.54) is 31.2 Å². The molecule has 2 heteroatoms. The second kappa shape index (κ2) is 6.53. The molecule has 0 spiro atoms. The van der Waals surface area contributed by atoms with E-state index in [1.807, 2.05) is 0 Å². The van der Waals surface area contributed by atoms with Crippen LogP contribution < -0.4 is 5.32 Å². The van der Waals surface area contributed by atoms with Gasteiger partial charge in [0.05, 0.1) is 6.54 Å². The van der Waals surface area contributed by atoms with Crippen LogP contribution >= 0.6 is 0 Å². The van der Waals surface area contributed by atoms with Gasteiger partial charge in [0.2, 0.25) is 0 Å². The summed E-state index contributed by atoms with van der Waals surface area (Å²) in [5, 5.41) is 3.39. The van der Waals surface area contributed by atoms with Gasteiger partial charge in [-0.15, -0.1) is 0 Å². The van der Waals surface area contributed by atoms with Crippen molar-refractivity contribution in [3.63, 3.8) is 0 Å². The molecular weight excluding hydrogens is 246 g/mol. The molecule has 2 nitrogen and oxygen atoms in total. The Labute approximate surface area is 123 Å². The number of nitrogens with one attached hydrogen (secondary N) is 1. The summed E-state index contributed by atoms with van der Waals surface area (Å²) in [7, 11) is 0. The fourth-order valence-electron chi connectivity index (χ4n) is 2.80. The Morgan fingerprint density at radius 2 is 1.75 bits per heavy atom. The molecule has 1 aliphatic carbocycles. The first-order valence-electron chi connectivity index (χ1n) is 7.79. The first-order valence-corrected chi connectivity index (χ1v) is 7.79. The quantitative estimate of drug-likeness (QED) is 0.887. The maximum absolute atomic E-state index is 12.0. The molecule has 0 radical (unpaired) electrons. The van der Waals surface area contributed by atoms with Crippen molar-refractivity contribution in [1.29, 1.82) is 0 Å². The van der Waals surface area contributed by atoms with Crippen LogP contribution in [-0.2, 0) is 16.6 Å². The van der Waals surface area contributed by atoms with Gasteiger partial charge < -0.3 is 5.32 Å². The lowest BCUT2D eigenvalue weighted by Crippen LogP contribution is -2.32. The summed E-state index contributed by atoms with van der Waals surface area (Å²) in [4.78, 5) is 12.0. The maximum Gasteiger partial charge on any atom is 0.150 e. The largest absolute Gasteiger partial charge is 0.307 e. The van der Waals surface area contributed by atoms with Crippen molar-refractivity contribution in [2.24, 2.45) is 0 Å². The minimum absolute atomic E-state index is 0.173. The molecule has 1 fully saturated rings. The van der Waals surface area contributed by atoms with Gasteiger partial charge in [0.25, 0.3) is 0 Å². The number of hydrogen-bond acceptors (Lipinski definition) is 2. The summed E-state index contributed by atoms with van der Waals surface area (Å²) in [5.41, 5.74) is 2.61. The van der Waals surface area contributed by atoms with E-state index >= 15 is 0 Å². The summed E-state index contributed by atoms with van der Waals surface area (Å²) in [6.07, 6.45) is 5.62. The van der Waals surface area contributed by atoms with E-state index in [2.05, 4.69) is 50.4 Å². The second-order valence-electron chi connectivity index (χ2n) is 7.02. The van der Waals surface area contributed by atoms with Crippen LogP contribution in [0.1, 0.15) is 57.6 Å². The van der Waals surface area contributed by atoms with E-state index in [-0.39, 0.29) is 5.41 Å². The van der Waals surface area contributed by atoms with Gasteiger partial charge in [-0.3, -0.25) is 4.79 Å². The van der Waals surface area contributed by atoms with Crippen molar-refractivity contribution >= 4 is 5.78 Å². The molecule has 2 rings (SSSR count). The highest BCUT2D eigenvalue weighted by Gasteiger charge is 2.16. The number of carbonyl (C=O) groups is 1. The minimum atomic E-state index is 0.173. The van der Waals surface area contributed by atoms with Crippen molar-refractivity contribution in [1.82, 2.24) is 5.32 Å². The van der Waals surface area contributed by atoms with Gasteiger partial charge in [-0.2, -0.15) is 0 Å². The third kappa shape index (κ3) is 4.45. The highest BCUT2D eigenvalue weighted by molar-refractivity contribution is 5.82. The molecule has 0 atom stereocenters. The Morgan fingerprint density at radius 3 is 2.30 bits per heavy atom. The van der Waals surface area contributed by atoms with Crippen LogP contribution in [-0.4, -0.2) is 18.4 Å². The van der Waals surface area contributed by atoms with Crippen LogP contribution in [0.3, 0.4) is 0 Å². The topological polar surface area (TPSA) is 29.1 Å². The summed E-state index contributed by atoms with van der Waals surface area (Å²) in [6, 6.07) is 9.05. The van der Waals surface area contributed by atoms with Gasteiger partial charge in [0.15, 0.2) is 5.78 Å². The zero-order valence-corrected chi connectivity index (χ0v) is 13.0. The van der Waals surface area contributed by atoms with Crippen LogP contribution in [0.2, 0.25) is 0 Å². The van der Waals surface area contributed by atoms with Gasteiger partial charge in [-0.1, -0.05) is 57.9 Å². The molecule has 1 aromatic carbocycles. The Kier molecular flexibility index (Phi) is 4.98. The molecule has 0 aliphatic heterocycles. The highest BCUT2D eigenvalue weighted by Crippen LogP contribution is 2.22. The second-order valence-corrected chi connectivity index (χ2v) is 7.02. The first kappa shape index (κ1) is 15.2. The Balaban J connectivity index is 1.81. The molecule has 0 aromatic heterocycles. The van der Waals surface area contributed by atoms with E-state index in [0.29, 0.717) is 24.8 Å². The maximum atomic E-state index is 12.0. The Bertz CT molecular complexity index is 435. The van der Waals surface area contributed by atoms with Crippen molar-refractivity contribution in [2.45, 2.75) is 64.3 Å². The number of hydrogen-bond donors (Lipinski definition) is 1. The molecule has 20 heavy (non-hydrogen) atoms. The van der Waals surface area contributed by atoms with E-state index in [1.54, 1.807) is 0 Å². The zero-order chi connectivity index (χ0) is 14.6. The number of rotatable bonds is 5. The van der Waals surface area contributed by atoms with Crippen molar-refractivity contribution in [3.8, 4) is 0 Å². The molecule has 0 amide bonds. The van der Waals surface area contributed by atoms with Crippen LogP contribution in [0.15, 0.2) is 24.3 Å². The highest BCUT2D eigenvalue weighted by atomic mass is 16.1. The van der Waals surface area contributed by atoms with Gasteiger partial charge >= 0.3 is 0 Å². The van der Waals surface area contributed by atoms with Crippen LogP contribution in [0.4, 0.5) is 0 Å². The molecule has 110 valence electrons. The molecule has 1 saturated carbocycles. The molecule has 0 saturated heterocycles. The number of Topliss-reactive ketones (excluding diaryl/α,β-unsaturated/α-hetero) is 1. The van der Waals surface area contributed by atoms with E-state index in [9.17, 15) is 4.79 Å². The fraction of sp³-hybridized carbons (Fsp3) is 0.611. The Hall–Kier alpha value is -1.15. The first-order chi connectivity index (χ1) is 9.45. The molecule has 1 aliphatic rings. The molecule has 1 N–H and O–H groups in total. The molecular formula is C18H27NO. The van der Waals surface area contributed by atoms with Crippen molar-refractivity contribution in [3.05, 3.63) is 35.4 Å². The van der Waals surface area contributed by atoms with E-state index in [4.69, 9.17) is 0 Å². The average Bonchev–Trinajstić information content (AvgIpc) is 2.89. The van der Waals surface area contributed by atoms with Crippen LogP contribution in [0.5, 0.6) is 0 Å². The minimum Gasteiger partial charge on any atom is -0.307 e. The lowest BCUT2D eigenvalue weighted by atomic mass is 9.86. The van der Waals surface area contributed by atoms with Crippen LogP contribution in [0.25, 0.3) is 0 Å². The summed E-state index contributed by atoms with van der Waals surface area (Å²) in [6.45, 7) is 7.14. The van der Waals surface area contributed by atoms with Crippen molar-refractivity contribution in [2.75, 3.05) is 6.54 Å². The lowest BCUT2D eigenvalue weighted by molar-refractivity contribution is -0.117. The average molecular weight is 273 g/mol. The van der Waals surface area contributed by atoms with Gasteiger partial charge in [0.1, 0.15) is 0 Å². The molecule has 0 heterocycles. The van der Waals surface area contributed by atoms with Crippen LogP contribution in [0, 0.1) is 0 Å². The Morgan fingerprint density at radius 1 is 1.15 bits per heavy atom. The molecule has 0 bridgehead atoms. The molecule has 1 aromatic rings. The number of benzene rings is 1. The summed E-state index contributed by atoms with van der Waals surface area (Å²) < 4.78 is 0. The van der Waals surface area contributed by atoms with Gasteiger partial charge in [-0.05, 0) is 29.4 Å². The summed E-state index contributed by atoms with van der Waals surface area (Å²) in [5.74, 6) is 0.292. The van der Waals surface area contributed by atoms with E-state index < -0.39 is 0 Å². The number of ketones is 1. The van der Waals surface area contributed by atoms with Gasteiger partial charge in [0, 0.05) is 12.5 Å². The van der Waals surface area contributed by atoms with E-state index in [0.717, 1.165) is 5.56 Å². The third-order valence-corrected chi connectivity index (χ3v) is 4.16. The lowest BCUT2D eigenvalue weighted by Gasteiger charge is -2.19. The smallest absolute Gasteiger partial charge is 0.150 e. The standard InChI is InChI=1S/C18H27NO/c1-18(2,3)15-10-8-14(9-11-15)12-17(20)13-19-16-6-4-5-7-16/h8-11,16,19H,4-7,12-13H2,1-3H3. The van der Waals surface area contributed by atoms with Crippen molar-refractivity contribution < 1.29 is 4.79 Å². The SMILES string of the molecule is CC(C)(C)c1ccc(CC(=O)CNC2CCCC2)cc1. The van der Waals surface area contributed by atoms with Gasteiger partial charge in [-0.25, -0.2) is 0 Å². The fourth-order valence-corrected chi connectivity index (χ4v) is 2.80. The number of carbonyl (C=O) groups excluding carboxylic acids is 1. The third-order valence-electron chi connectivity index (χ3n) is 4.16. The predicted molar refractivity (Wildman–Crippen MR) is 84.1 cm³/mol. The molecule has 0 unspecified atom stereocenters. The summed E-state index contributed by atoms with van der Waals surface area (Å²) >= 11 is 0. The monoisotopic (exact) mass is 273 g/mol. The zero-order valence-electron chi connectivity index (χ0n) is 13.0. The predicted octanol–water partition coefficient (Wildman–Crippen LogP) is 3.63.